The van der Waals surface area contributed by atoms with Crippen LogP contribution in [0.15, 0.2) is 0 Å². The minimum atomic E-state index is -1.91. The quantitative estimate of drug-likeness (QED) is 0.129. The summed E-state index contributed by atoms with van der Waals surface area (Å²) in [6.07, 6.45) is -26.2. The molecule has 0 aromatic carbocycles. The second kappa shape index (κ2) is 15.0. The molecule has 20 nitrogen and oxygen atoms in total. The first kappa shape index (κ1) is 36.6. The van der Waals surface area contributed by atoms with Crippen LogP contribution in [0.4, 0.5) is 0 Å². The molecule has 8 aliphatic rings. The van der Waals surface area contributed by atoms with E-state index in [2.05, 4.69) is 10.6 Å². The SMILES string of the molecule is CC(=O)N[C@@H]1[C@@H](O)[C@@H]2O[C@H]3[C@@H](O)[C@H](O[C@@H]4[C@H](O)[C@@H](O)[C@H](O[C@H]5[C@@H](O)[C@@H](CO)O[C@H](O[C@@H]1[C@@H](C)O2)[C@@H]5NC(C)=O)O[C@@H]4CO)O[C@@H]3CO. The molecule has 8 bridgehead atoms. The van der Waals surface area contributed by atoms with Gasteiger partial charge < -0.3 is 89.4 Å². The topological polar surface area (TPSA) is 294 Å². The summed E-state index contributed by atoms with van der Waals surface area (Å²) in [5, 5.41) is 91.2. The molecular weight excluding hydrogens is 640 g/mol. The van der Waals surface area contributed by atoms with E-state index >= 15 is 0 Å². The van der Waals surface area contributed by atoms with Crippen LogP contribution in [-0.4, -0.2) is 189 Å². The fourth-order valence-electron chi connectivity index (χ4n) is 6.55. The maximum Gasteiger partial charge on any atom is 0.217 e. The maximum atomic E-state index is 12.4. The molecule has 10 N–H and O–H groups in total. The number of amides is 2. The summed E-state index contributed by atoms with van der Waals surface area (Å²) >= 11 is 0. The molecule has 0 radical (unpaired) electrons. The Labute approximate surface area is 268 Å². The Kier molecular flexibility index (Phi) is 11.7. The van der Waals surface area contributed by atoms with Crippen LogP contribution in [0.1, 0.15) is 20.8 Å². The molecule has 8 fully saturated rings. The van der Waals surface area contributed by atoms with E-state index in [9.17, 15) is 50.4 Å². The molecule has 47 heavy (non-hydrogen) atoms. The molecule has 20 heteroatoms. The minimum absolute atomic E-state index is 0.587. The highest BCUT2D eigenvalue weighted by Crippen LogP contribution is 2.36. The largest absolute Gasteiger partial charge is 0.394 e. The van der Waals surface area contributed by atoms with E-state index in [1.165, 1.54) is 13.8 Å². The predicted octanol–water partition coefficient (Wildman–Crippen LogP) is -6.75. The average molecular weight is 685 g/mol. The van der Waals surface area contributed by atoms with Gasteiger partial charge >= 0.3 is 0 Å². The van der Waals surface area contributed by atoms with E-state index in [1.54, 1.807) is 0 Å². The van der Waals surface area contributed by atoms with Crippen LogP contribution in [0.2, 0.25) is 0 Å². The zero-order valence-electron chi connectivity index (χ0n) is 25.8. The van der Waals surface area contributed by atoms with Gasteiger partial charge in [-0.05, 0) is 6.92 Å². The summed E-state index contributed by atoms with van der Waals surface area (Å²) in [5.74, 6) is -1.23. The summed E-state index contributed by atoms with van der Waals surface area (Å²) in [6.45, 7) is 1.57. The van der Waals surface area contributed by atoms with Gasteiger partial charge in [0.15, 0.2) is 25.2 Å². The van der Waals surface area contributed by atoms with Crippen molar-refractivity contribution in [3.05, 3.63) is 0 Å². The van der Waals surface area contributed by atoms with Crippen LogP contribution in [0, 0.1) is 0 Å². The van der Waals surface area contributed by atoms with Crippen LogP contribution >= 0.6 is 0 Å². The molecule has 2 amide bonds. The molecule has 0 aromatic rings. The number of aliphatic hydroxyl groups excluding tert-OH is 8. The molecule has 0 aromatic heterocycles. The fraction of sp³-hybridized carbons (Fsp3) is 0.926. The lowest BCUT2D eigenvalue weighted by Crippen LogP contribution is -2.71. The smallest absolute Gasteiger partial charge is 0.217 e. The Morgan fingerprint density at radius 1 is 0.489 bits per heavy atom. The number of hydrogen-bond acceptors (Lipinski definition) is 18. The van der Waals surface area contributed by atoms with Gasteiger partial charge in [-0.3, -0.25) is 9.59 Å². The van der Waals surface area contributed by atoms with Gasteiger partial charge in [0.05, 0.1) is 32.0 Å². The Balaban J connectivity index is 1.58. The number of carbonyl (C=O) groups excluding carboxylic acids is 2. The molecule has 19 atom stereocenters. The van der Waals surface area contributed by atoms with Crippen molar-refractivity contribution in [1.82, 2.24) is 10.6 Å². The highest BCUT2D eigenvalue weighted by Gasteiger charge is 2.57. The molecule has 0 spiro atoms. The van der Waals surface area contributed by atoms with Crippen molar-refractivity contribution in [2.24, 2.45) is 0 Å². The first-order valence-corrected chi connectivity index (χ1v) is 15.3. The molecule has 0 unspecified atom stereocenters. The van der Waals surface area contributed by atoms with E-state index < -0.39 is 148 Å². The monoisotopic (exact) mass is 684 g/mol. The number of aliphatic hydroxyl groups is 8. The summed E-state index contributed by atoms with van der Waals surface area (Å²) in [6, 6.07) is -2.68. The molecule has 8 rings (SSSR count). The van der Waals surface area contributed by atoms with Crippen molar-refractivity contribution in [1.29, 1.82) is 0 Å². The Morgan fingerprint density at radius 2 is 0.936 bits per heavy atom. The number of nitrogens with one attached hydrogen (secondary N) is 2. The van der Waals surface area contributed by atoms with Crippen molar-refractivity contribution >= 4 is 11.8 Å². The number of rotatable bonds is 5. The van der Waals surface area contributed by atoms with Gasteiger partial charge in [-0.2, -0.15) is 0 Å². The zero-order valence-corrected chi connectivity index (χ0v) is 25.8. The summed E-state index contributed by atoms with van der Waals surface area (Å²) < 4.78 is 46.9. The molecule has 0 aliphatic carbocycles. The van der Waals surface area contributed by atoms with Crippen molar-refractivity contribution in [2.45, 2.75) is 137 Å². The molecule has 8 aliphatic heterocycles. The Hall–Kier alpha value is -1.70. The van der Waals surface area contributed by atoms with Crippen LogP contribution in [0.3, 0.4) is 0 Å². The number of ether oxygens (including phenoxy) is 8. The number of carbonyl (C=O) groups is 2. The molecule has 0 saturated carbocycles. The third-order valence-corrected chi connectivity index (χ3v) is 8.86. The summed E-state index contributed by atoms with van der Waals surface area (Å²) in [7, 11) is 0. The van der Waals surface area contributed by atoms with Gasteiger partial charge in [0.2, 0.25) is 11.8 Å². The van der Waals surface area contributed by atoms with Gasteiger partial charge in [-0.1, -0.05) is 0 Å². The van der Waals surface area contributed by atoms with Crippen molar-refractivity contribution in [2.75, 3.05) is 19.8 Å². The highest BCUT2D eigenvalue weighted by molar-refractivity contribution is 5.73. The van der Waals surface area contributed by atoms with Crippen LogP contribution in [0.25, 0.3) is 0 Å². The Morgan fingerprint density at radius 3 is 1.49 bits per heavy atom. The first-order chi connectivity index (χ1) is 22.3. The maximum absolute atomic E-state index is 12.4. The van der Waals surface area contributed by atoms with E-state index in [1.807, 2.05) is 0 Å². The fourth-order valence-corrected chi connectivity index (χ4v) is 6.55. The van der Waals surface area contributed by atoms with Gasteiger partial charge in [0, 0.05) is 13.8 Å². The third-order valence-electron chi connectivity index (χ3n) is 8.86. The summed E-state index contributed by atoms with van der Waals surface area (Å²) in [5.41, 5.74) is 0. The van der Waals surface area contributed by atoms with E-state index in [0.717, 1.165) is 6.92 Å². The van der Waals surface area contributed by atoms with Crippen LogP contribution in [-0.2, 0) is 47.5 Å². The van der Waals surface area contributed by atoms with E-state index in [0.29, 0.717) is 0 Å². The second-order valence-electron chi connectivity index (χ2n) is 12.2. The third kappa shape index (κ3) is 7.29. The second-order valence-corrected chi connectivity index (χ2v) is 12.2. The lowest BCUT2D eigenvalue weighted by molar-refractivity contribution is -0.368. The number of hydrogen-bond donors (Lipinski definition) is 10. The van der Waals surface area contributed by atoms with Gasteiger partial charge in [0.1, 0.15) is 79.3 Å². The average Bonchev–Trinajstić information content (AvgIpc) is 3.31. The van der Waals surface area contributed by atoms with Crippen molar-refractivity contribution < 1.29 is 88.3 Å². The molecule has 8 saturated heterocycles. The molecule has 270 valence electrons. The van der Waals surface area contributed by atoms with Crippen molar-refractivity contribution in [3.63, 3.8) is 0 Å². The first-order valence-electron chi connectivity index (χ1n) is 15.3. The minimum Gasteiger partial charge on any atom is -0.394 e. The van der Waals surface area contributed by atoms with Gasteiger partial charge in [-0.15, -0.1) is 0 Å². The zero-order chi connectivity index (χ0) is 34.3. The lowest BCUT2D eigenvalue weighted by Gasteiger charge is -2.50. The van der Waals surface area contributed by atoms with Crippen LogP contribution in [0.5, 0.6) is 0 Å². The summed E-state index contributed by atoms with van der Waals surface area (Å²) in [4.78, 5) is 24.6. The van der Waals surface area contributed by atoms with E-state index in [4.69, 9.17) is 37.9 Å². The molecule has 8 heterocycles. The van der Waals surface area contributed by atoms with E-state index in [-0.39, 0.29) is 0 Å². The normalized spacial score (nSPS) is 50.4. The predicted molar refractivity (Wildman–Crippen MR) is 146 cm³/mol. The van der Waals surface area contributed by atoms with Crippen LogP contribution < -0.4 is 10.6 Å². The molecular formula is C27H44N2O18. The Bertz CT molecular complexity index is 1090. The standard InChI is InChI=1S/C27H44N2O18/c1-7-20-13(28-8(2)33)16(36)25(40-7)46-22-12(6-32)43-27(19(22)39)45-21-11(5-31)42-26(18(38)17(21)37)47-23-14(29-9(3)34)24(44-20)41-10(4-30)15(23)35/h7,10-27,30-32,35-39H,4-6H2,1-3H3,(H,28,33)(H,29,34)/t7-,10-,11-,12-,13-,14-,15+,16-,17-,18-,19-,20-,21+,22-,23-,24-,25+,26+,27+/m1/s1. The van der Waals surface area contributed by atoms with Gasteiger partial charge in [-0.25, -0.2) is 0 Å². The lowest BCUT2D eigenvalue weighted by atomic mass is 9.93. The van der Waals surface area contributed by atoms with Gasteiger partial charge in [0.25, 0.3) is 0 Å². The van der Waals surface area contributed by atoms with Crippen molar-refractivity contribution in [3.8, 4) is 0 Å². The highest BCUT2D eigenvalue weighted by atomic mass is 16.8.